The second kappa shape index (κ2) is 6.76. The molecule has 5 nitrogen and oxygen atoms in total. The zero-order valence-electron chi connectivity index (χ0n) is 10.3. The third-order valence-corrected chi connectivity index (χ3v) is 2.67. The van der Waals surface area contributed by atoms with Crippen molar-refractivity contribution in [3.63, 3.8) is 0 Å². The lowest BCUT2D eigenvalue weighted by molar-refractivity contribution is 0.0939. The minimum atomic E-state index is -0.520. The van der Waals surface area contributed by atoms with Crippen LogP contribution < -0.4 is 11.1 Å². The molecule has 0 fully saturated rings. The first-order valence-corrected chi connectivity index (χ1v) is 5.90. The van der Waals surface area contributed by atoms with Gasteiger partial charge in [0, 0.05) is 17.7 Å². The van der Waals surface area contributed by atoms with Crippen LogP contribution in [0.1, 0.15) is 40.5 Å². The number of hydrogen-bond acceptors (Lipinski definition) is 3. The number of carbonyl (C=O) groups excluding carboxylic acids is 2. The molecule has 1 atom stereocenters. The van der Waals surface area contributed by atoms with Gasteiger partial charge in [-0.2, -0.15) is 0 Å². The van der Waals surface area contributed by atoms with Crippen LogP contribution in [0.4, 0.5) is 0 Å². The number of rotatable bonds is 6. The predicted octanol–water partition coefficient (Wildman–Crippen LogP) is 0.676. The van der Waals surface area contributed by atoms with Crippen LogP contribution in [-0.2, 0) is 0 Å². The largest absolute Gasteiger partial charge is 0.393 e. The number of amides is 2. The van der Waals surface area contributed by atoms with Crippen LogP contribution in [0.25, 0.3) is 0 Å². The standard InChI is InChI=1S/C13H18N2O3/c1-2-11(16)7-8-15-13(18)10-5-3-9(4-6-10)12(14)17/h3-6,11,16H,2,7-8H2,1H3,(H2,14,17)(H,15,18). The minimum Gasteiger partial charge on any atom is -0.393 e. The second-order valence-corrected chi connectivity index (χ2v) is 4.05. The molecule has 0 aliphatic rings. The van der Waals surface area contributed by atoms with Gasteiger partial charge in [0.25, 0.3) is 5.91 Å². The van der Waals surface area contributed by atoms with Crippen LogP contribution in [-0.4, -0.2) is 29.6 Å². The summed E-state index contributed by atoms with van der Waals surface area (Å²) in [5.41, 5.74) is 5.93. The number of aliphatic hydroxyl groups is 1. The summed E-state index contributed by atoms with van der Waals surface area (Å²) >= 11 is 0. The van der Waals surface area contributed by atoms with E-state index in [0.29, 0.717) is 30.5 Å². The summed E-state index contributed by atoms with van der Waals surface area (Å²) in [5, 5.41) is 12.0. The van der Waals surface area contributed by atoms with Crippen molar-refractivity contribution in [1.29, 1.82) is 0 Å². The number of benzene rings is 1. The molecule has 5 heteroatoms. The van der Waals surface area contributed by atoms with Crippen molar-refractivity contribution in [2.75, 3.05) is 6.54 Å². The average molecular weight is 250 g/mol. The second-order valence-electron chi connectivity index (χ2n) is 4.05. The van der Waals surface area contributed by atoms with Crippen molar-refractivity contribution >= 4 is 11.8 Å². The Bertz CT molecular complexity index is 415. The molecule has 1 unspecified atom stereocenters. The highest BCUT2D eigenvalue weighted by molar-refractivity contribution is 5.97. The van der Waals surface area contributed by atoms with Crippen molar-refractivity contribution in [2.45, 2.75) is 25.9 Å². The van der Waals surface area contributed by atoms with Gasteiger partial charge in [0.15, 0.2) is 0 Å². The van der Waals surface area contributed by atoms with Crippen molar-refractivity contribution in [1.82, 2.24) is 5.32 Å². The molecule has 1 aromatic rings. The van der Waals surface area contributed by atoms with Crippen molar-refractivity contribution in [2.24, 2.45) is 5.73 Å². The van der Waals surface area contributed by atoms with Crippen LogP contribution in [0, 0.1) is 0 Å². The SMILES string of the molecule is CCC(O)CCNC(=O)c1ccc(C(N)=O)cc1. The summed E-state index contributed by atoms with van der Waals surface area (Å²) in [6.07, 6.45) is 0.813. The number of nitrogens with two attached hydrogens (primary N) is 1. The summed E-state index contributed by atoms with van der Waals surface area (Å²) in [6.45, 7) is 2.31. The first-order chi connectivity index (χ1) is 8.54. The van der Waals surface area contributed by atoms with E-state index in [4.69, 9.17) is 5.73 Å². The molecule has 18 heavy (non-hydrogen) atoms. The monoisotopic (exact) mass is 250 g/mol. The number of aliphatic hydroxyl groups excluding tert-OH is 1. The highest BCUT2D eigenvalue weighted by atomic mass is 16.3. The maximum atomic E-state index is 11.7. The van der Waals surface area contributed by atoms with Gasteiger partial charge in [0.1, 0.15) is 0 Å². The fourth-order valence-corrected chi connectivity index (χ4v) is 1.44. The predicted molar refractivity (Wildman–Crippen MR) is 68.2 cm³/mol. The maximum absolute atomic E-state index is 11.7. The molecule has 0 heterocycles. The quantitative estimate of drug-likeness (QED) is 0.693. The van der Waals surface area contributed by atoms with E-state index in [1.165, 1.54) is 12.1 Å². The molecule has 0 aliphatic carbocycles. The molecule has 0 aliphatic heterocycles. The Morgan fingerprint density at radius 2 is 1.83 bits per heavy atom. The highest BCUT2D eigenvalue weighted by Gasteiger charge is 2.07. The van der Waals surface area contributed by atoms with E-state index >= 15 is 0 Å². The van der Waals surface area contributed by atoms with Crippen LogP contribution in [0.2, 0.25) is 0 Å². The van der Waals surface area contributed by atoms with Crippen molar-refractivity contribution in [3.8, 4) is 0 Å². The molecule has 0 spiro atoms. The topological polar surface area (TPSA) is 92.4 Å². The molecule has 1 rings (SSSR count). The van der Waals surface area contributed by atoms with E-state index < -0.39 is 5.91 Å². The molecule has 0 aromatic heterocycles. The highest BCUT2D eigenvalue weighted by Crippen LogP contribution is 2.04. The van der Waals surface area contributed by atoms with E-state index in [0.717, 1.165) is 0 Å². The lowest BCUT2D eigenvalue weighted by Crippen LogP contribution is -2.27. The Morgan fingerprint density at radius 3 is 2.33 bits per heavy atom. The molecule has 0 saturated carbocycles. The number of nitrogens with one attached hydrogen (secondary N) is 1. The zero-order valence-corrected chi connectivity index (χ0v) is 10.3. The van der Waals surface area contributed by atoms with E-state index in [2.05, 4.69) is 5.32 Å². The Labute approximate surface area is 106 Å². The Kier molecular flexibility index (Phi) is 5.32. The van der Waals surface area contributed by atoms with E-state index in [1.54, 1.807) is 12.1 Å². The van der Waals surface area contributed by atoms with Gasteiger partial charge in [-0.05, 0) is 37.1 Å². The summed E-state index contributed by atoms with van der Waals surface area (Å²) in [6, 6.07) is 6.12. The van der Waals surface area contributed by atoms with Gasteiger partial charge in [0.05, 0.1) is 6.10 Å². The van der Waals surface area contributed by atoms with Gasteiger partial charge in [-0.25, -0.2) is 0 Å². The maximum Gasteiger partial charge on any atom is 0.251 e. The van der Waals surface area contributed by atoms with Crippen LogP contribution in [0.5, 0.6) is 0 Å². The minimum absolute atomic E-state index is 0.227. The first kappa shape index (κ1) is 14.2. The lowest BCUT2D eigenvalue weighted by Gasteiger charge is -2.09. The summed E-state index contributed by atoms with van der Waals surface area (Å²) in [4.78, 5) is 22.5. The average Bonchev–Trinajstić information content (AvgIpc) is 2.38. The van der Waals surface area contributed by atoms with E-state index in [1.807, 2.05) is 6.92 Å². The van der Waals surface area contributed by atoms with Crippen LogP contribution >= 0.6 is 0 Å². The summed E-state index contributed by atoms with van der Waals surface area (Å²) in [7, 11) is 0. The first-order valence-electron chi connectivity index (χ1n) is 5.90. The van der Waals surface area contributed by atoms with Crippen LogP contribution in [0.15, 0.2) is 24.3 Å². The Hall–Kier alpha value is -1.88. The van der Waals surface area contributed by atoms with Crippen molar-refractivity contribution < 1.29 is 14.7 Å². The van der Waals surface area contributed by atoms with Gasteiger partial charge < -0.3 is 16.2 Å². The van der Waals surface area contributed by atoms with Gasteiger partial charge in [-0.1, -0.05) is 6.92 Å². The fraction of sp³-hybridized carbons (Fsp3) is 0.385. The van der Waals surface area contributed by atoms with Gasteiger partial charge >= 0.3 is 0 Å². The van der Waals surface area contributed by atoms with Crippen LogP contribution in [0.3, 0.4) is 0 Å². The third kappa shape index (κ3) is 4.18. The van der Waals surface area contributed by atoms with E-state index in [-0.39, 0.29) is 12.0 Å². The van der Waals surface area contributed by atoms with Gasteiger partial charge in [0.2, 0.25) is 5.91 Å². The zero-order chi connectivity index (χ0) is 13.5. The molecule has 0 bridgehead atoms. The Morgan fingerprint density at radius 1 is 1.28 bits per heavy atom. The lowest BCUT2D eigenvalue weighted by atomic mass is 10.1. The number of primary amides is 1. The molecule has 4 N–H and O–H groups in total. The number of hydrogen-bond donors (Lipinski definition) is 3. The smallest absolute Gasteiger partial charge is 0.251 e. The fourth-order valence-electron chi connectivity index (χ4n) is 1.44. The summed E-state index contributed by atoms with van der Waals surface area (Å²) < 4.78 is 0. The molecule has 0 radical (unpaired) electrons. The molecule has 1 aromatic carbocycles. The normalized spacial score (nSPS) is 11.9. The Balaban J connectivity index is 2.49. The van der Waals surface area contributed by atoms with Gasteiger partial charge in [-0.15, -0.1) is 0 Å². The molecular formula is C13H18N2O3. The molecule has 2 amide bonds. The van der Waals surface area contributed by atoms with Gasteiger partial charge in [-0.3, -0.25) is 9.59 Å². The molecule has 0 saturated heterocycles. The van der Waals surface area contributed by atoms with Crippen molar-refractivity contribution in [3.05, 3.63) is 35.4 Å². The molecular weight excluding hydrogens is 232 g/mol. The van der Waals surface area contributed by atoms with E-state index in [9.17, 15) is 14.7 Å². The number of carbonyl (C=O) groups is 2. The summed E-state index contributed by atoms with van der Waals surface area (Å²) in [5.74, 6) is -0.748. The third-order valence-electron chi connectivity index (χ3n) is 2.67. The molecule has 98 valence electrons.